The van der Waals surface area contributed by atoms with Crippen molar-refractivity contribution in [1.82, 2.24) is 5.32 Å². The normalized spacial score (nSPS) is 33.7. The first-order chi connectivity index (χ1) is 8.83. The van der Waals surface area contributed by atoms with Crippen molar-refractivity contribution in [2.24, 2.45) is 23.5 Å². The number of nitrogens with two attached hydrogens (primary N) is 1. The van der Waals surface area contributed by atoms with E-state index in [1.807, 2.05) is 0 Å². The van der Waals surface area contributed by atoms with E-state index < -0.39 is 0 Å². The average Bonchev–Trinajstić information content (AvgIpc) is 3.25. The zero-order chi connectivity index (χ0) is 12.4. The van der Waals surface area contributed by atoms with Gasteiger partial charge in [0.2, 0.25) is 0 Å². The monoisotopic (exact) mass is 252 g/mol. The van der Waals surface area contributed by atoms with E-state index >= 15 is 0 Å². The third-order valence-corrected chi connectivity index (χ3v) is 5.23. The van der Waals surface area contributed by atoms with Gasteiger partial charge in [-0.15, -0.1) is 0 Å². The SMILES string of the molecule is NCC1(NCC(C2CC2)C2CC2)CCCOCC1. The minimum atomic E-state index is 0.165. The molecule has 3 heteroatoms. The minimum Gasteiger partial charge on any atom is -0.381 e. The van der Waals surface area contributed by atoms with Crippen LogP contribution < -0.4 is 11.1 Å². The van der Waals surface area contributed by atoms with E-state index in [1.165, 1.54) is 38.6 Å². The summed E-state index contributed by atoms with van der Waals surface area (Å²) < 4.78 is 5.58. The highest BCUT2D eigenvalue weighted by molar-refractivity contribution is 4.96. The van der Waals surface area contributed by atoms with Crippen LogP contribution in [0.2, 0.25) is 0 Å². The highest BCUT2D eigenvalue weighted by Crippen LogP contribution is 2.49. The summed E-state index contributed by atoms with van der Waals surface area (Å²) in [6, 6.07) is 0. The molecule has 3 fully saturated rings. The van der Waals surface area contributed by atoms with E-state index in [1.54, 1.807) is 0 Å². The van der Waals surface area contributed by atoms with Gasteiger partial charge in [0.05, 0.1) is 0 Å². The van der Waals surface area contributed by atoms with Crippen molar-refractivity contribution < 1.29 is 4.74 Å². The van der Waals surface area contributed by atoms with Crippen LogP contribution in [0.15, 0.2) is 0 Å². The molecule has 3 N–H and O–H groups in total. The first kappa shape index (κ1) is 12.9. The third-order valence-electron chi connectivity index (χ3n) is 5.23. The van der Waals surface area contributed by atoms with Crippen molar-refractivity contribution in [2.75, 3.05) is 26.3 Å². The van der Waals surface area contributed by atoms with Crippen LogP contribution in [0.25, 0.3) is 0 Å². The van der Waals surface area contributed by atoms with Gasteiger partial charge in [-0.2, -0.15) is 0 Å². The lowest BCUT2D eigenvalue weighted by Crippen LogP contribution is -2.53. The standard InChI is InChI=1S/C15H28N2O/c16-11-15(6-1-8-18-9-7-15)17-10-14(12-2-3-12)13-4-5-13/h12-14,17H,1-11,16H2. The van der Waals surface area contributed by atoms with Crippen LogP contribution in [-0.2, 0) is 4.74 Å². The van der Waals surface area contributed by atoms with Gasteiger partial charge in [0.25, 0.3) is 0 Å². The quantitative estimate of drug-likeness (QED) is 0.759. The summed E-state index contributed by atoms with van der Waals surface area (Å²) >= 11 is 0. The zero-order valence-corrected chi connectivity index (χ0v) is 11.5. The van der Waals surface area contributed by atoms with Gasteiger partial charge in [0.1, 0.15) is 0 Å². The molecule has 2 aliphatic carbocycles. The second-order valence-electron chi connectivity index (χ2n) is 6.67. The van der Waals surface area contributed by atoms with Gasteiger partial charge in [-0.25, -0.2) is 0 Å². The maximum absolute atomic E-state index is 6.06. The van der Waals surface area contributed by atoms with Crippen molar-refractivity contribution in [3.8, 4) is 0 Å². The molecule has 18 heavy (non-hydrogen) atoms. The first-order valence-electron chi connectivity index (χ1n) is 7.86. The predicted molar refractivity (Wildman–Crippen MR) is 73.4 cm³/mol. The third kappa shape index (κ3) is 3.06. The maximum Gasteiger partial charge on any atom is 0.0484 e. The molecule has 3 aliphatic rings. The first-order valence-corrected chi connectivity index (χ1v) is 7.86. The Balaban J connectivity index is 1.54. The molecule has 1 aliphatic heterocycles. The second-order valence-corrected chi connectivity index (χ2v) is 6.67. The van der Waals surface area contributed by atoms with Crippen LogP contribution in [0.1, 0.15) is 44.9 Å². The van der Waals surface area contributed by atoms with E-state index in [2.05, 4.69) is 5.32 Å². The van der Waals surface area contributed by atoms with Crippen molar-refractivity contribution in [2.45, 2.75) is 50.5 Å². The van der Waals surface area contributed by atoms with E-state index in [9.17, 15) is 0 Å². The fourth-order valence-electron chi connectivity index (χ4n) is 3.56. The molecule has 3 rings (SSSR count). The van der Waals surface area contributed by atoms with Crippen LogP contribution in [0.3, 0.4) is 0 Å². The van der Waals surface area contributed by atoms with E-state index in [0.717, 1.165) is 50.4 Å². The van der Waals surface area contributed by atoms with Crippen molar-refractivity contribution in [3.63, 3.8) is 0 Å². The summed E-state index contributed by atoms with van der Waals surface area (Å²) in [5.74, 6) is 3.00. The Morgan fingerprint density at radius 1 is 1.11 bits per heavy atom. The lowest BCUT2D eigenvalue weighted by atomic mass is 9.88. The van der Waals surface area contributed by atoms with Crippen LogP contribution in [0, 0.1) is 17.8 Å². The Morgan fingerprint density at radius 2 is 1.83 bits per heavy atom. The fraction of sp³-hybridized carbons (Fsp3) is 1.00. The zero-order valence-electron chi connectivity index (χ0n) is 11.5. The van der Waals surface area contributed by atoms with Gasteiger partial charge in [-0.3, -0.25) is 0 Å². The Labute approximate surface area is 111 Å². The highest BCUT2D eigenvalue weighted by atomic mass is 16.5. The largest absolute Gasteiger partial charge is 0.381 e. The van der Waals surface area contributed by atoms with Crippen molar-refractivity contribution >= 4 is 0 Å². The molecule has 1 heterocycles. The predicted octanol–water partition coefficient (Wildman–Crippen LogP) is 1.91. The van der Waals surface area contributed by atoms with E-state index in [4.69, 9.17) is 10.5 Å². The highest BCUT2D eigenvalue weighted by Gasteiger charge is 2.42. The number of hydrogen-bond donors (Lipinski definition) is 2. The summed E-state index contributed by atoms with van der Waals surface area (Å²) in [5.41, 5.74) is 6.22. The molecule has 0 radical (unpaired) electrons. The van der Waals surface area contributed by atoms with Gasteiger partial charge in [0, 0.05) is 25.3 Å². The molecule has 1 atom stereocenters. The lowest BCUT2D eigenvalue weighted by Gasteiger charge is -2.34. The van der Waals surface area contributed by atoms with Crippen LogP contribution in [-0.4, -0.2) is 31.8 Å². The molecule has 104 valence electrons. The smallest absolute Gasteiger partial charge is 0.0484 e. The molecular weight excluding hydrogens is 224 g/mol. The van der Waals surface area contributed by atoms with Crippen molar-refractivity contribution in [3.05, 3.63) is 0 Å². The molecule has 0 amide bonds. The Hall–Kier alpha value is -0.120. The summed E-state index contributed by atoms with van der Waals surface area (Å²) in [5, 5.41) is 3.86. The number of nitrogens with one attached hydrogen (secondary N) is 1. The molecule has 1 unspecified atom stereocenters. The summed E-state index contributed by atoms with van der Waals surface area (Å²) in [7, 11) is 0. The summed E-state index contributed by atoms with van der Waals surface area (Å²) in [6.07, 6.45) is 9.32. The molecule has 1 saturated heterocycles. The van der Waals surface area contributed by atoms with E-state index in [-0.39, 0.29) is 5.54 Å². The topological polar surface area (TPSA) is 47.3 Å². The second kappa shape index (κ2) is 5.48. The van der Waals surface area contributed by atoms with Crippen LogP contribution in [0.4, 0.5) is 0 Å². The Bertz CT molecular complexity index is 254. The van der Waals surface area contributed by atoms with Gasteiger partial charge < -0.3 is 15.8 Å². The molecule has 0 bridgehead atoms. The average molecular weight is 252 g/mol. The van der Waals surface area contributed by atoms with Gasteiger partial charge in [-0.1, -0.05) is 0 Å². The van der Waals surface area contributed by atoms with Crippen LogP contribution in [0.5, 0.6) is 0 Å². The molecule has 0 aromatic carbocycles. The summed E-state index contributed by atoms with van der Waals surface area (Å²) in [4.78, 5) is 0. The van der Waals surface area contributed by atoms with Crippen molar-refractivity contribution in [1.29, 1.82) is 0 Å². The Morgan fingerprint density at radius 3 is 2.44 bits per heavy atom. The molecular formula is C15H28N2O. The fourth-order valence-corrected chi connectivity index (χ4v) is 3.56. The Kier molecular flexibility index (Phi) is 3.92. The number of rotatable bonds is 6. The van der Waals surface area contributed by atoms with Crippen LogP contribution >= 0.6 is 0 Å². The number of hydrogen-bond acceptors (Lipinski definition) is 3. The maximum atomic E-state index is 6.06. The molecule has 2 saturated carbocycles. The van der Waals surface area contributed by atoms with Gasteiger partial charge in [0.15, 0.2) is 0 Å². The number of ether oxygens (including phenoxy) is 1. The molecule has 0 aromatic heterocycles. The molecule has 0 spiro atoms. The molecule has 3 nitrogen and oxygen atoms in total. The van der Waals surface area contributed by atoms with E-state index in [0.29, 0.717) is 0 Å². The lowest BCUT2D eigenvalue weighted by molar-refractivity contribution is 0.136. The molecule has 0 aromatic rings. The van der Waals surface area contributed by atoms with Gasteiger partial charge >= 0.3 is 0 Å². The summed E-state index contributed by atoms with van der Waals surface area (Å²) in [6.45, 7) is 3.75. The van der Waals surface area contributed by atoms with Gasteiger partial charge in [-0.05, 0) is 69.2 Å². The minimum absolute atomic E-state index is 0.165.